The van der Waals surface area contributed by atoms with E-state index in [9.17, 15) is 4.79 Å². The molecule has 0 radical (unpaired) electrons. The van der Waals surface area contributed by atoms with Gasteiger partial charge in [0.25, 0.3) is 0 Å². The molecule has 1 saturated heterocycles. The van der Waals surface area contributed by atoms with E-state index in [0.29, 0.717) is 12.1 Å². The van der Waals surface area contributed by atoms with Gasteiger partial charge >= 0.3 is 0 Å². The van der Waals surface area contributed by atoms with Gasteiger partial charge < -0.3 is 10.2 Å². The summed E-state index contributed by atoms with van der Waals surface area (Å²) in [6.07, 6.45) is 3.65. The van der Waals surface area contributed by atoms with Crippen molar-refractivity contribution < 1.29 is 4.79 Å². The summed E-state index contributed by atoms with van der Waals surface area (Å²) in [6, 6.07) is 17.7. The fraction of sp³-hybridized carbons (Fsp3) is 0.364. The Balaban J connectivity index is 2.04. The Morgan fingerprint density at radius 1 is 1.12 bits per heavy atom. The second-order valence-electron chi connectivity index (χ2n) is 6.67. The number of amides is 1. The first-order valence-electron chi connectivity index (χ1n) is 9.36. The van der Waals surface area contributed by atoms with Crippen LogP contribution in [0.2, 0.25) is 0 Å². The molecule has 26 heavy (non-hydrogen) atoms. The largest absolute Gasteiger partial charge is 0.371 e. The quantitative estimate of drug-likeness (QED) is 0.894. The van der Waals surface area contributed by atoms with E-state index < -0.39 is 0 Å². The minimum absolute atomic E-state index is 0.00154. The van der Waals surface area contributed by atoms with E-state index in [1.54, 1.807) is 12.1 Å². The zero-order chi connectivity index (χ0) is 18.4. The summed E-state index contributed by atoms with van der Waals surface area (Å²) >= 11 is 0. The van der Waals surface area contributed by atoms with Crippen molar-refractivity contribution in [3.63, 3.8) is 0 Å². The summed E-state index contributed by atoms with van der Waals surface area (Å²) in [4.78, 5) is 15.3. The summed E-state index contributed by atoms with van der Waals surface area (Å²) in [5.74, 6) is -0.373. The van der Waals surface area contributed by atoms with Crippen LogP contribution >= 0.6 is 0 Å². The Labute approximate surface area is 155 Å². The van der Waals surface area contributed by atoms with E-state index >= 15 is 0 Å². The van der Waals surface area contributed by atoms with E-state index in [2.05, 4.69) is 28.4 Å². The lowest BCUT2D eigenvalue weighted by Crippen LogP contribution is -2.33. The molecule has 1 unspecified atom stereocenters. The number of nitrogens with zero attached hydrogens (tertiary/aromatic N) is 2. The van der Waals surface area contributed by atoms with E-state index in [4.69, 9.17) is 5.26 Å². The van der Waals surface area contributed by atoms with Gasteiger partial charge in [-0.1, -0.05) is 30.3 Å². The van der Waals surface area contributed by atoms with Crippen LogP contribution in [0.1, 0.15) is 48.8 Å². The van der Waals surface area contributed by atoms with Gasteiger partial charge in [-0.25, -0.2) is 0 Å². The average Bonchev–Trinajstić information content (AvgIpc) is 2.70. The van der Waals surface area contributed by atoms with Crippen molar-refractivity contribution in [2.75, 3.05) is 24.5 Å². The maximum atomic E-state index is 12.9. The van der Waals surface area contributed by atoms with Crippen LogP contribution in [0.15, 0.2) is 48.5 Å². The normalized spacial score (nSPS) is 15.2. The van der Waals surface area contributed by atoms with Crippen molar-refractivity contribution >= 4 is 11.6 Å². The lowest BCUT2D eigenvalue weighted by molar-refractivity contribution is -0.121. The average molecular weight is 347 g/mol. The first-order valence-corrected chi connectivity index (χ1v) is 9.36. The predicted molar refractivity (Wildman–Crippen MR) is 104 cm³/mol. The van der Waals surface area contributed by atoms with Gasteiger partial charge in [-0.3, -0.25) is 4.79 Å². The minimum atomic E-state index is -0.374. The van der Waals surface area contributed by atoms with Crippen molar-refractivity contribution in [2.24, 2.45) is 0 Å². The molecular weight excluding hydrogens is 322 g/mol. The van der Waals surface area contributed by atoms with Crippen LogP contribution < -0.4 is 10.2 Å². The molecule has 0 saturated carbocycles. The summed E-state index contributed by atoms with van der Waals surface area (Å²) in [5.41, 5.74) is 3.70. The standard InChI is InChI=1S/C22H25N3O/c1-2-24-22(26)21(18-12-10-17(16-23)11-13-18)19-8-4-5-9-20(19)25-14-6-3-7-15-25/h4-5,8-13,21H,2-3,6-7,14-15H2,1H3,(H,24,26). The predicted octanol–water partition coefficient (Wildman–Crippen LogP) is 3.82. The Bertz CT molecular complexity index is 786. The zero-order valence-electron chi connectivity index (χ0n) is 15.2. The molecule has 3 rings (SSSR count). The molecule has 1 aliphatic rings. The Morgan fingerprint density at radius 2 is 1.81 bits per heavy atom. The molecule has 1 heterocycles. The number of nitrogens with one attached hydrogen (secondary N) is 1. The first-order chi connectivity index (χ1) is 12.7. The summed E-state index contributed by atoms with van der Waals surface area (Å²) in [6.45, 7) is 4.60. The molecule has 0 spiro atoms. The van der Waals surface area contributed by atoms with Crippen LogP contribution in [-0.4, -0.2) is 25.5 Å². The monoisotopic (exact) mass is 347 g/mol. The smallest absolute Gasteiger partial charge is 0.232 e. The number of likely N-dealkylation sites (N-methyl/N-ethyl adjacent to an activating group) is 1. The Morgan fingerprint density at radius 3 is 2.46 bits per heavy atom. The van der Waals surface area contributed by atoms with Gasteiger partial charge in [0.2, 0.25) is 5.91 Å². The van der Waals surface area contributed by atoms with E-state index in [1.165, 1.54) is 19.3 Å². The van der Waals surface area contributed by atoms with Gasteiger partial charge in [-0.05, 0) is 55.5 Å². The summed E-state index contributed by atoms with van der Waals surface area (Å²) < 4.78 is 0. The molecule has 1 fully saturated rings. The number of hydrogen-bond acceptors (Lipinski definition) is 3. The van der Waals surface area contributed by atoms with Crippen LogP contribution in [0, 0.1) is 11.3 Å². The molecule has 134 valence electrons. The van der Waals surface area contributed by atoms with Gasteiger partial charge in [0, 0.05) is 25.3 Å². The molecule has 0 aromatic heterocycles. The van der Waals surface area contributed by atoms with Gasteiger partial charge in [-0.15, -0.1) is 0 Å². The third-order valence-electron chi connectivity index (χ3n) is 4.93. The Hall–Kier alpha value is -2.80. The molecule has 1 atom stereocenters. The molecular formula is C22H25N3O. The number of carbonyl (C=O) groups is 1. The summed E-state index contributed by atoms with van der Waals surface area (Å²) in [5, 5.41) is 12.0. The highest BCUT2D eigenvalue weighted by atomic mass is 16.1. The fourth-order valence-electron chi connectivity index (χ4n) is 3.65. The van der Waals surface area contributed by atoms with Gasteiger partial charge in [-0.2, -0.15) is 5.26 Å². The highest BCUT2D eigenvalue weighted by Crippen LogP contribution is 2.34. The van der Waals surface area contributed by atoms with Crippen molar-refractivity contribution in [2.45, 2.75) is 32.1 Å². The number of carbonyl (C=O) groups excluding carboxylic acids is 1. The zero-order valence-corrected chi connectivity index (χ0v) is 15.2. The number of benzene rings is 2. The van der Waals surface area contributed by atoms with Gasteiger partial charge in [0.15, 0.2) is 0 Å². The number of nitriles is 1. The molecule has 1 N–H and O–H groups in total. The lowest BCUT2D eigenvalue weighted by atomic mass is 9.88. The van der Waals surface area contributed by atoms with Gasteiger partial charge in [0.1, 0.15) is 0 Å². The number of hydrogen-bond donors (Lipinski definition) is 1. The highest BCUT2D eigenvalue weighted by molar-refractivity contribution is 5.89. The topological polar surface area (TPSA) is 56.1 Å². The first kappa shape index (κ1) is 18.0. The van der Waals surface area contributed by atoms with Crippen molar-refractivity contribution in [3.8, 4) is 6.07 Å². The number of para-hydroxylation sites is 1. The van der Waals surface area contributed by atoms with E-state index in [0.717, 1.165) is 29.9 Å². The highest BCUT2D eigenvalue weighted by Gasteiger charge is 2.27. The molecule has 1 amide bonds. The van der Waals surface area contributed by atoms with Crippen molar-refractivity contribution in [1.82, 2.24) is 5.32 Å². The number of rotatable bonds is 5. The molecule has 4 nitrogen and oxygen atoms in total. The molecule has 2 aromatic carbocycles. The Kier molecular flexibility index (Phi) is 5.91. The molecule has 4 heteroatoms. The molecule has 2 aromatic rings. The van der Waals surface area contributed by atoms with Crippen molar-refractivity contribution in [3.05, 3.63) is 65.2 Å². The fourth-order valence-corrected chi connectivity index (χ4v) is 3.65. The third-order valence-corrected chi connectivity index (χ3v) is 4.93. The van der Waals surface area contributed by atoms with Crippen LogP contribution in [0.25, 0.3) is 0 Å². The number of piperidine rings is 1. The third kappa shape index (κ3) is 3.88. The van der Waals surface area contributed by atoms with Crippen LogP contribution in [0.3, 0.4) is 0 Å². The molecule has 0 aliphatic carbocycles. The van der Waals surface area contributed by atoms with Gasteiger partial charge in [0.05, 0.1) is 17.6 Å². The van der Waals surface area contributed by atoms with E-state index in [-0.39, 0.29) is 11.8 Å². The van der Waals surface area contributed by atoms with Crippen LogP contribution in [0.4, 0.5) is 5.69 Å². The maximum Gasteiger partial charge on any atom is 0.232 e. The van der Waals surface area contributed by atoms with E-state index in [1.807, 2.05) is 31.2 Å². The van der Waals surface area contributed by atoms with Crippen molar-refractivity contribution in [1.29, 1.82) is 5.26 Å². The SMILES string of the molecule is CCNC(=O)C(c1ccc(C#N)cc1)c1ccccc1N1CCCCC1. The second kappa shape index (κ2) is 8.53. The van der Waals surface area contributed by atoms with Crippen LogP contribution in [-0.2, 0) is 4.79 Å². The molecule has 1 aliphatic heterocycles. The molecule has 0 bridgehead atoms. The van der Waals surface area contributed by atoms with Crippen LogP contribution in [0.5, 0.6) is 0 Å². The lowest BCUT2D eigenvalue weighted by Gasteiger charge is -2.32. The number of anilines is 1. The maximum absolute atomic E-state index is 12.9. The second-order valence-corrected chi connectivity index (χ2v) is 6.67. The minimum Gasteiger partial charge on any atom is -0.371 e. The summed E-state index contributed by atoms with van der Waals surface area (Å²) in [7, 11) is 0.